The molecule has 0 aliphatic carbocycles. The smallest absolute Gasteiger partial charge is 0.136 e. The molecule has 0 radical (unpaired) electrons. The first kappa shape index (κ1) is 9.67. The second-order valence-corrected chi connectivity index (χ2v) is 5.17. The molecule has 1 aromatic carbocycles. The largest absolute Gasteiger partial charge is 0.492 e. The maximum Gasteiger partial charge on any atom is 0.136 e. The number of halogens is 1. The predicted octanol–water partition coefficient (Wildman–Crippen LogP) is 2.53. The van der Waals surface area contributed by atoms with Gasteiger partial charge in [-0.2, -0.15) is 0 Å². The van der Waals surface area contributed by atoms with Crippen molar-refractivity contribution in [2.75, 3.05) is 19.7 Å². The van der Waals surface area contributed by atoms with Crippen LogP contribution in [0, 0.1) is 5.92 Å². The van der Waals surface area contributed by atoms with Gasteiger partial charge < -0.3 is 10.1 Å². The first-order valence-corrected chi connectivity index (χ1v) is 6.27. The molecule has 1 unspecified atom stereocenters. The highest BCUT2D eigenvalue weighted by atomic mass is 79.9. The molecule has 0 saturated carbocycles. The van der Waals surface area contributed by atoms with Gasteiger partial charge in [0.2, 0.25) is 0 Å². The second-order valence-electron chi connectivity index (χ2n) is 4.32. The lowest BCUT2D eigenvalue weighted by molar-refractivity contribution is 0.295. The molecule has 1 N–H and O–H groups in total. The van der Waals surface area contributed by atoms with E-state index in [1.54, 1.807) is 0 Å². The summed E-state index contributed by atoms with van der Waals surface area (Å²) in [5.41, 5.74) is 1.37. The predicted molar refractivity (Wildman–Crippen MR) is 63.4 cm³/mol. The van der Waals surface area contributed by atoms with Gasteiger partial charge in [-0.05, 0) is 46.4 Å². The van der Waals surface area contributed by atoms with Gasteiger partial charge in [0.05, 0.1) is 11.1 Å². The van der Waals surface area contributed by atoms with Crippen molar-refractivity contribution < 1.29 is 4.74 Å². The lowest BCUT2D eigenvalue weighted by Gasteiger charge is -2.16. The number of para-hydroxylation sites is 1. The minimum absolute atomic E-state index is 0.639. The van der Waals surface area contributed by atoms with Crippen LogP contribution < -0.4 is 10.1 Å². The molecule has 1 aromatic rings. The van der Waals surface area contributed by atoms with E-state index in [0.717, 1.165) is 35.8 Å². The summed E-state index contributed by atoms with van der Waals surface area (Å²) in [4.78, 5) is 0. The molecule has 2 aliphatic heterocycles. The van der Waals surface area contributed by atoms with Gasteiger partial charge in [0.1, 0.15) is 5.75 Å². The Hall–Kier alpha value is -0.540. The van der Waals surface area contributed by atoms with Crippen molar-refractivity contribution in [3.8, 4) is 5.75 Å². The van der Waals surface area contributed by atoms with Crippen LogP contribution in [-0.2, 0) is 0 Å². The number of fused-ring (bicyclic) bond motifs is 3. The number of hydrogen-bond acceptors (Lipinski definition) is 2. The van der Waals surface area contributed by atoms with E-state index >= 15 is 0 Å². The topological polar surface area (TPSA) is 21.3 Å². The molecule has 15 heavy (non-hydrogen) atoms. The average molecular weight is 268 g/mol. The first-order chi connectivity index (χ1) is 7.36. The van der Waals surface area contributed by atoms with Crippen LogP contribution in [0.1, 0.15) is 17.9 Å². The molecule has 2 aliphatic rings. The quantitative estimate of drug-likeness (QED) is 0.780. The van der Waals surface area contributed by atoms with Gasteiger partial charge in [0.15, 0.2) is 0 Å². The van der Waals surface area contributed by atoms with Gasteiger partial charge in [-0.15, -0.1) is 0 Å². The Labute approximate surface area is 98.1 Å². The molecule has 3 rings (SSSR count). The molecule has 3 heteroatoms. The Balaban J connectivity index is 2.09. The molecule has 2 atom stereocenters. The highest BCUT2D eigenvalue weighted by molar-refractivity contribution is 9.10. The van der Waals surface area contributed by atoms with E-state index in [1.165, 1.54) is 12.0 Å². The molecule has 1 saturated heterocycles. The van der Waals surface area contributed by atoms with Crippen molar-refractivity contribution in [2.24, 2.45) is 5.92 Å². The van der Waals surface area contributed by atoms with Crippen LogP contribution >= 0.6 is 15.9 Å². The number of ether oxygens (including phenoxy) is 1. The monoisotopic (exact) mass is 267 g/mol. The molecule has 0 amide bonds. The molecule has 2 heterocycles. The van der Waals surface area contributed by atoms with Gasteiger partial charge in [-0.3, -0.25) is 0 Å². The zero-order chi connectivity index (χ0) is 10.3. The Morgan fingerprint density at radius 3 is 3.20 bits per heavy atom. The summed E-state index contributed by atoms with van der Waals surface area (Å²) in [5, 5.41) is 3.48. The van der Waals surface area contributed by atoms with Crippen LogP contribution in [0.3, 0.4) is 0 Å². The Kier molecular flexibility index (Phi) is 2.45. The van der Waals surface area contributed by atoms with E-state index in [0.29, 0.717) is 5.92 Å². The Morgan fingerprint density at radius 1 is 1.33 bits per heavy atom. The minimum Gasteiger partial charge on any atom is -0.492 e. The van der Waals surface area contributed by atoms with Crippen molar-refractivity contribution >= 4 is 15.9 Å². The standard InChI is InChI=1S/C12H14BrNO/c13-11-3-1-2-9-10-7-14-6-8(10)4-5-15-12(9)11/h1-3,8,10,14H,4-7H2/t8?,10-/m0/s1. The van der Waals surface area contributed by atoms with Crippen molar-refractivity contribution in [3.05, 3.63) is 28.2 Å². The van der Waals surface area contributed by atoms with Crippen LogP contribution in [-0.4, -0.2) is 19.7 Å². The second kappa shape index (κ2) is 3.80. The molecule has 2 nitrogen and oxygen atoms in total. The van der Waals surface area contributed by atoms with Gasteiger partial charge in [-0.1, -0.05) is 12.1 Å². The highest BCUT2D eigenvalue weighted by Gasteiger charge is 2.32. The Morgan fingerprint density at radius 2 is 2.27 bits per heavy atom. The summed E-state index contributed by atoms with van der Waals surface area (Å²) in [6.45, 7) is 3.08. The average Bonchev–Trinajstić information content (AvgIpc) is 2.62. The molecule has 0 spiro atoms. The van der Waals surface area contributed by atoms with E-state index in [2.05, 4.69) is 39.4 Å². The third-order valence-electron chi connectivity index (χ3n) is 3.47. The third-order valence-corrected chi connectivity index (χ3v) is 4.10. The number of hydrogen-bond donors (Lipinski definition) is 1. The number of benzene rings is 1. The maximum atomic E-state index is 5.84. The van der Waals surface area contributed by atoms with Crippen LogP contribution in [0.5, 0.6) is 5.75 Å². The van der Waals surface area contributed by atoms with E-state index < -0.39 is 0 Å². The lowest BCUT2D eigenvalue weighted by atomic mass is 9.87. The SMILES string of the molecule is Brc1cccc2c1OCCC1CNC[C@H]21. The summed E-state index contributed by atoms with van der Waals surface area (Å²) in [5.74, 6) is 2.45. The van der Waals surface area contributed by atoms with Crippen molar-refractivity contribution in [2.45, 2.75) is 12.3 Å². The van der Waals surface area contributed by atoms with E-state index in [-0.39, 0.29) is 0 Å². The van der Waals surface area contributed by atoms with Gasteiger partial charge in [-0.25, -0.2) is 0 Å². The fourth-order valence-corrected chi connectivity index (χ4v) is 3.18. The van der Waals surface area contributed by atoms with E-state index in [4.69, 9.17) is 4.74 Å². The van der Waals surface area contributed by atoms with Crippen LogP contribution in [0.25, 0.3) is 0 Å². The molecular formula is C12H14BrNO. The van der Waals surface area contributed by atoms with E-state index in [1.807, 2.05) is 0 Å². The maximum absolute atomic E-state index is 5.84. The normalized spacial score (nSPS) is 28.9. The zero-order valence-corrected chi connectivity index (χ0v) is 10.1. The summed E-state index contributed by atoms with van der Waals surface area (Å²) < 4.78 is 6.93. The summed E-state index contributed by atoms with van der Waals surface area (Å²) in [7, 11) is 0. The molecular weight excluding hydrogens is 254 g/mol. The van der Waals surface area contributed by atoms with E-state index in [9.17, 15) is 0 Å². The van der Waals surface area contributed by atoms with Crippen LogP contribution in [0.2, 0.25) is 0 Å². The van der Waals surface area contributed by atoms with Gasteiger partial charge in [0.25, 0.3) is 0 Å². The van der Waals surface area contributed by atoms with Crippen molar-refractivity contribution in [1.82, 2.24) is 5.32 Å². The number of nitrogens with one attached hydrogen (secondary N) is 1. The van der Waals surface area contributed by atoms with Gasteiger partial charge in [0, 0.05) is 12.5 Å². The lowest BCUT2D eigenvalue weighted by Crippen LogP contribution is -2.11. The molecule has 1 fully saturated rings. The highest BCUT2D eigenvalue weighted by Crippen LogP contribution is 2.41. The van der Waals surface area contributed by atoms with Crippen LogP contribution in [0.15, 0.2) is 22.7 Å². The van der Waals surface area contributed by atoms with Gasteiger partial charge >= 0.3 is 0 Å². The third kappa shape index (κ3) is 1.58. The fourth-order valence-electron chi connectivity index (χ4n) is 2.68. The van der Waals surface area contributed by atoms with Crippen molar-refractivity contribution in [3.63, 3.8) is 0 Å². The summed E-state index contributed by atoms with van der Waals surface area (Å²) >= 11 is 3.57. The Bertz CT molecular complexity index is 380. The summed E-state index contributed by atoms with van der Waals surface area (Å²) in [6.07, 6.45) is 1.17. The van der Waals surface area contributed by atoms with Crippen molar-refractivity contribution in [1.29, 1.82) is 0 Å². The molecule has 80 valence electrons. The number of rotatable bonds is 0. The molecule has 0 bridgehead atoms. The minimum atomic E-state index is 0.639. The molecule has 0 aromatic heterocycles. The summed E-state index contributed by atoms with van der Waals surface area (Å²) in [6, 6.07) is 6.37. The first-order valence-electron chi connectivity index (χ1n) is 5.48. The zero-order valence-electron chi connectivity index (χ0n) is 8.50. The fraction of sp³-hybridized carbons (Fsp3) is 0.500. The van der Waals surface area contributed by atoms with Crippen LogP contribution in [0.4, 0.5) is 0 Å².